The Labute approximate surface area is 148 Å². The Morgan fingerprint density at radius 1 is 1.32 bits per heavy atom. The fourth-order valence-corrected chi connectivity index (χ4v) is 3.77. The quantitative estimate of drug-likeness (QED) is 0.852. The molecule has 132 valence electrons. The van der Waals surface area contributed by atoms with E-state index >= 15 is 0 Å². The van der Waals surface area contributed by atoms with Gasteiger partial charge in [-0.1, -0.05) is 29.4 Å². The van der Waals surface area contributed by atoms with E-state index in [1.807, 2.05) is 23.1 Å². The van der Waals surface area contributed by atoms with Crippen molar-refractivity contribution in [2.24, 2.45) is 0 Å². The van der Waals surface area contributed by atoms with E-state index in [4.69, 9.17) is 4.52 Å². The van der Waals surface area contributed by atoms with Crippen LogP contribution in [0.2, 0.25) is 0 Å². The summed E-state index contributed by atoms with van der Waals surface area (Å²) in [7, 11) is 0. The molecule has 5 nitrogen and oxygen atoms in total. The lowest BCUT2D eigenvalue weighted by molar-refractivity contribution is -0.139. The van der Waals surface area contributed by atoms with E-state index in [1.54, 1.807) is 0 Å². The first-order chi connectivity index (χ1) is 12.1. The molecule has 1 aromatic carbocycles. The molecule has 1 saturated heterocycles. The van der Waals surface area contributed by atoms with Gasteiger partial charge < -0.3 is 9.42 Å². The number of carbonyl (C=O) groups excluding carboxylic acids is 1. The number of hydrogen-bond donors (Lipinski definition) is 0. The van der Waals surface area contributed by atoms with Crippen LogP contribution in [-0.4, -0.2) is 27.5 Å². The molecule has 5 heteroatoms. The van der Waals surface area contributed by atoms with Crippen molar-refractivity contribution in [1.29, 1.82) is 0 Å². The van der Waals surface area contributed by atoms with Crippen LogP contribution in [0.15, 0.2) is 28.8 Å². The second kappa shape index (κ2) is 6.28. The van der Waals surface area contributed by atoms with Gasteiger partial charge in [0.2, 0.25) is 11.8 Å². The lowest BCUT2D eigenvalue weighted by atomic mass is 9.87. The van der Waals surface area contributed by atoms with Crippen molar-refractivity contribution in [1.82, 2.24) is 15.0 Å². The molecule has 1 aromatic heterocycles. The average molecular weight is 339 g/mol. The highest BCUT2D eigenvalue weighted by Crippen LogP contribution is 2.41. The fraction of sp³-hybridized carbons (Fsp3) is 0.550. The van der Waals surface area contributed by atoms with Gasteiger partial charge in [-0.2, -0.15) is 4.98 Å². The van der Waals surface area contributed by atoms with Crippen LogP contribution in [0.3, 0.4) is 0 Å². The van der Waals surface area contributed by atoms with Crippen molar-refractivity contribution >= 4 is 5.91 Å². The molecular formula is C20H25N3O2. The van der Waals surface area contributed by atoms with Gasteiger partial charge >= 0.3 is 0 Å². The number of piperidine rings is 1. The number of benzene rings is 1. The van der Waals surface area contributed by atoms with Gasteiger partial charge in [-0.15, -0.1) is 0 Å². The van der Waals surface area contributed by atoms with E-state index < -0.39 is 5.54 Å². The molecule has 4 rings (SSSR count). The summed E-state index contributed by atoms with van der Waals surface area (Å²) in [5.41, 5.74) is 1.78. The minimum Gasteiger partial charge on any atom is -0.339 e. The van der Waals surface area contributed by atoms with Crippen LogP contribution in [0.4, 0.5) is 0 Å². The van der Waals surface area contributed by atoms with Crippen molar-refractivity contribution in [2.75, 3.05) is 6.54 Å². The molecule has 0 bridgehead atoms. The maximum atomic E-state index is 13.1. The highest BCUT2D eigenvalue weighted by Gasteiger charge is 2.43. The zero-order valence-electron chi connectivity index (χ0n) is 15.0. The molecule has 1 aliphatic heterocycles. The summed E-state index contributed by atoms with van der Waals surface area (Å²) in [4.78, 5) is 19.7. The summed E-state index contributed by atoms with van der Waals surface area (Å²) >= 11 is 0. The van der Waals surface area contributed by atoms with Crippen LogP contribution < -0.4 is 0 Å². The van der Waals surface area contributed by atoms with Crippen LogP contribution in [0.5, 0.6) is 0 Å². The number of rotatable bonds is 4. The second-order valence-corrected chi connectivity index (χ2v) is 7.61. The number of likely N-dealkylation sites (tertiary alicyclic amines) is 1. The van der Waals surface area contributed by atoms with Crippen LogP contribution in [0.25, 0.3) is 0 Å². The van der Waals surface area contributed by atoms with E-state index in [0.717, 1.165) is 55.7 Å². The van der Waals surface area contributed by atoms with Crippen molar-refractivity contribution in [3.63, 3.8) is 0 Å². The number of carbonyl (C=O) groups is 1. The summed E-state index contributed by atoms with van der Waals surface area (Å²) in [6, 6.07) is 8.09. The third kappa shape index (κ3) is 3.08. The smallest absolute Gasteiger partial charge is 0.229 e. The van der Waals surface area contributed by atoms with Crippen molar-refractivity contribution in [3.05, 3.63) is 47.1 Å². The first-order valence-electron chi connectivity index (χ1n) is 9.27. The van der Waals surface area contributed by atoms with Gasteiger partial charge in [0.05, 0.1) is 6.42 Å². The van der Waals surface area contributed by atoms with Crippen molar-refractivity contribution in [3.8, 4) is 0 Å². The fourth-order valence-electron chi connectivity index (χ4n) is 3.77. The highest BCUT2D eigenvalue weighted by atomic mass is 16.5. The summed E-state index contributed by atoms with van der Waals surface area (Å²) in [6.07, 6.45) is 5.69. The van der Waals surface area contributed by atoms with E-state index in [2.05, 4.69) is 30.1 Å². The van der Waals surface area contributed by atoms with Crippen LogP contribution in [-0.2, 0) is 16.8 Å². The molecule has 2 aromatic rings. The number of aryl methyl sites for hydroxylation is 1. The number of aromatic nitrogens is 2. The Kier molecular flexibility index (Phi) is 4.10. The van der Waals surface area contributed by atoms with E-state index in [-0.39, 0.29) is 5.91 Å². The second-order valence-electron chi connectivity index (χ2n) is 7.61. The molecule has 0 radical (unpaired) electrons. The summed E-state index contributed by atoms with van der Waals surface area (Å²) in [5.74, 6) is 2.00. The van der Waals surface area contributed by atoms with Crippen LogP contribution in [0, 0.1) is 6.92 Å². The lowest BCUT2D eigenvalue weighted by Gasteiger charge is -2.43. The summed E-state index contributed by atoms with van der Waals surface area (Å²) in [5, 5.41) is 4.25. The molecule has 2 fully saturated rings. The first-order valence-corrected chi connectivity index (χ1v) is 9.27. The molecule has 1 atom stereocenters. The molecule has 1 aliphatic carbocycles. The standard InChI is InChI=1S/C20H25N3O2/c1-14-7-3-4-8-16(14)13-17(24)23-12-6-5-11-20(23,2)19-21-18(25-22-19)15-9-10-15/h3-4,7-8,15H,5-6,9-13H2,1-2H3. The Hall–Kier alpha value is -2.17. The molecular weight excluding hydrogens is 314 g/mol. The number of nitrogens with zero attached hydrogens (tertiary/aromatic N) is 3. The minimum absolute atomic E-state index is 0.147. The third-order valence-electron chi connectivity index (χ3n) is 5.65. The molecule has 0 spiro atoms. The zero-order chi connectivity index (χ0) is 17.4. The third-order valence-corrected chi connectivity index (χ3v) is 5.65. The van der Waals surface area contributed by atoms with Crippen LogP contribution in [0.1, 0.15) is 67.8 Å². The lowest BCUT2D eigenvalue weighted by Crippen LogP contribution is -2.51. The predicted molar refractivity (Wildman–Crippen MR) is 94.1 cm³/mol. The Balaban J connectivity index is 1.59. The van der Waals surface area contributed by atoms with Gasteiger partial charge in [-0.3, -0.25) is 4.79 Å². The van der Waals surface area contributed by atoms with E-state index in [9.17, 15) is 4.79 Å². The first kappa shape index (κ1) is 16.3. The summed E-state index contributed by atoms with van der Waals surface area (Å²) in [6.45, 7) is 4.90. The number of amides is 1. The largest absolute Gasteiger partial charge is 0.339 e. The topological polar surface area (TPSA) is 59.2 Å². The highest BCUT2D eigenvalue weighted by molar-refractivity contribution is 5.80. The summed E-state index contributed by atoms with van der Waals surface area (Å²) < 4.78 is 5.47. The molecule has 2 heterocycles. The maximum Gasteiger partial charge on any atom is 0.229 e. The molecule has 1 unspecified atom stereocenters. The van der Waals surface area contributed by atoms with Gasteiger partial charge in [-0.25, -0.2) is 0 Å². The Bertz CT molecular complexity index is 781. The van der Waals surface area contributed by atoms with Gasteiger partial charge in [-0.05, 0) is 57.1 Å². The van der Waals surface area contributed by atoms with Crippen molar-refractivity contribution in [2.45, 2.75) is 63.8 Å². The van der Waals surface area contributed by atoms with Gasteiger partial charge in [0, 0.05) is 12.5 Å². The SMILES string of the molecule is Cc1ccccc1CC(=O)N1CCCCC1(C)c1noc(C2CC2)n1. The Morgan fingerprint density at radius 2 is 2.12 bits per heavy atom. The van der Waals surface area contributed by atoms with Gasteiger partial charge in [0.1, 0.15) is 5.54 Å². The van der Waals surface area contributed by atoms with E-state index in [0.29, 0.717) is 18.2 Å². The monoisotopic (exact) mass is 339 g/mol. The molecule has 2 aliphatic rings. The number of hydrogen-bond acceptors (Lipinski definition) is 4. The molecule has 1 saturated carbocycles. The maximum absolute atomic E-state index is 13.1. The molecule has 25 heavy (non-hydrogen) atoms. The Morgan fingerprint density at radius 3 is 2.88 bits per heavy atom. The minimum atomic E-state index is -0.464. The van der Waals surface area contributed by atoms with E-state index in [1.165, 1.54) is 0 Å². The van der Waals surface area contributed by atoms with Gasteiger partial charge in [0.25, 0.3) is 0 Å². The van der Waals surface area contributed by atoms with Crippen LogP contribution >= 0.6 is 0 Å². The molecule has 0 N–H and O–H groups in total. The molecule has 1 amide bonds. The van der Waals surface area contributed by atoms with Gasteiger partial charge in [0.15, 0.2) is 5.82 Å². The zero-order valence-corrected chi connectivity index (χ0v) is 15.0. The predicted octanol–water partition coefficient (Wildman–Crippen LogP) is 3.73. The average Bonchev–Trinajstić information content (AvgIpc) is 3.33. The normalized spacial score (nSPS) is 23.7. The van der Waals surface area contributed by atoms with Crippen molar-refractivity contribution < 1.29 is 9.32 Å².